The minimum Gasteiger partial charge on any atom is -0.497 e. The van der Waals surface area contributed by atoms with Gasteiger partial charge in [-0.05, 0) is 42.2 Å². The summed E-state index contributed by atoms with van der Waals surface area (Å²) in [5.74, 6) is 0.604. The summed E-state index contributed by atoms with van der Waals surface area (Å²) < 4.78 is 18.9. The van der Waals surface area contributed by atoms with E-state index in [0.29, 0.717) is 18.5 Å². The second-order valence-electron chi connectivity index (χ2n) is 5.62. The Labute approximate surface area is 134 Å². The number of benzene rings is 2. The third kappa shape index (κ3) is 3.59. The van der Waals surface area contributed by atoms with Crippen molar-refractivity contribution in [2.45, 2.75) is 18.8 Å². The molecule has 0 saturated carbocycles. The maximum Gasteiger partial charge on any atom is 0.158 e. The van der Waals surface area contributed by atoms with Gasteiger partial charge in [0.05, 0.1) is 12.8 Å². The van der Waals surface area contributed by atoms with Gasteiger partial charge in [-0.3, -0.25) is 4.79 Å². The molecule has 3 nitrogen and oxygen atoms in total. The number of methoxy groups -OCH3 is 1. The van der Waals surface area contributed by atoms with Gasteiger partial charge in [0.2, 0.25) is 0 Å². The third-order valence-corrected chi connectivity index (χ3v) is 4.01. The largest absolute Gasteiger partial charge is 0.497 e. The van der Waals surface area contributed by atoms with E-state index in [1.54, 1.807) is 31.4 Å². The lowest BCUT2D eigenvalue weighted by Gasteiger charge is -2.23. The van der Waals surface area contributed by atoms with Gasteiger partial charge >= 0.3 is 0 Å². The van der Waals surface area contributed by atoms with Crippen molar-refractivity contribution in [2.24, 2.45) is 0 Å². The van der Waals surface area contributed by atoms with Crippen molar-refractivity contribution in [2.75, 3.05) is 12.4 Å². The first-order valence-corrected chi connectivity index (χ1v) is 7.54. The molecule has 2 aromatic carbocycles. The monoisotopic (exact) mass is 311 g/mol. The highest BCUT2D eigenvalue weighted by atomic mass is 19.1. The van der Waals surface area contributed by atoms with E-state index in [2.05, 4.69) is 5.32 Å². The SMILES string of the molecule is COc1ccc([C@H]2CC(=O)C=C(Nc3ccccc3F)C2)cc1. The summed E-state index contributed by atoms with van der Waals surface area (Å²) in [6, 6.07) is 14.2. The van der Waals surface area contributed by atoms with Crippen molar-refractivity contribution < 1.29 is 13.9 Å². The molecule has 0 spiro atoms. The molecule has 3 rings (SSSR count). The van der Waals surface area contributed by atoms with Gasteiger partial charge in [0.25, 0.3) is 0 Å². The van der Waals surface area contributed by atoms with Gasteiger partial charge in [-0.25, -0.2) is 4.39 Å². The second-order valence-corrected chi connectivity index (χ2v) is 5.62. The fraction of sp³-hybridized carbons (Fsp3) is 0.211. The van der Waals surface area contributed by atoms with Crippen molar-refractivity contribution in [3.63, 3.8) is 0 Å². The highest BCUT2D eigenvalue weighted by Crippen LogP contribution is 2.33. The molecule has 2 aromatic rings. The van der Waals surface area contributed by atoms with E-state index in [4.69, 9.17) is 4.74 Å². The molecule has 1 N–H and O–H groups in total. The van der Waals surface area contributed by atoms with Gasteiger partial charge in [-0.2, -0.15) is 0 Å². The zero-order valence-electron chi connectivity index (χ0n) is 12.9. The van der Waals surface area contributed by atoms with Gasteiger partial charge in [0.1, 0.15) is 11.6 Å². The molecule has 0 aliphatic heterocycles. The van der Waals surface area contributed by atoms with E-state index in [-0.39, 0.29) is 17.5 Å². The van der Waals surface area contributed by atoms with Crippen LogP contribution in [0.1, 0.15) is 24.3 Å². The third-order valence-electron chi connectivity index (χ3n) is 4.01. The number of carbonyl (C=O) groups is 1. The smallest absolute Gasteiger partial charge is 0.158 e. The highest BCUT2D eigenvalue weighted by molar-refractivity contribution is 5.92. The minimum atomic E-state index is -0.326. The summed E-state index contributed by atoms with van der Waals surface area (Å²) in [7, 11) is 1.62. The van der Waals surface area contributed by atoms with Crippen molar-refractivity contribution in [1.29, 1.82) is 0 Å². The van der Waals surface area contributed by atoms with Crippen molar-refractivity contribution in [3.8, 4) is 5.75 Å². The molecular weight excluding hydrogens is 293 g/mol. The molecule has 4 heteroatoms. The zero-order valence-corrected chi connectivity index (χ0v) is 12.9. The number of ether oxygens (including phenoxy) is 1. The quantitative estimate of drug-likeness (QED) is 0.916. The molecule has 0 saturated heterocycles. The van der Waals surface area contributed by atoms with E-state index in [9.17, 15) is 9.18 Å². The lowest BCUT2D eigenvalue weighted by molar-refractivity contribution is -0.115. The number of hydrogen-bond acceptors (Lipinski definition) is 3. The number of para-hydroxylation sites is 1. The Kier molecular flexibility index (Phi) is 4.42. The first kappa shape index (κ1) is 15.3. The van der Waals surface area contributed by atoms with Crippen LogP contribution in [0.3, 0.4) is 0 Å². The molecule has 1 aliphatic rings. The number of halogens is 1. The van der Waals surface area contributed by atoms with Gasteiger partial charge in [-0.15, -0.1) is 0 Å². The van der Waals surface area contributed by atoms with Crippen LogP contribution in [0.2, 0.25) is 0 Å². The van der Waals surface area contributed by atoms with Crippen LogP contribution < -0.4 is 10.1 Å². The summed E-state index contributed by atoms with van der Waals surface area (Å²) in [5.41, 5.74) is 2.22. The molecule has 1 atom stereocenters. The second kappa shape index (κ2) is 6.65. The van der Waals surface area contributed by atoms with Crippen LogP contribution in [-0.2, 0) is 4.79 Å². The Morgan fingerprint density at radius 3 is 2.52 bits per heavy atom. The van der Waals surface area contributed by atoms with Gasteiger partial charge in [0, 0.05) is 18.2 Å². The summed E-state index contributed by atoms with van der Waals surface area (Å²) in [6.45, 7) is 0. The van der Waals surface area contributed by atoms with Crippen molar-refractivity contribution in [1.82, 2.24) is 0 Å². The van der Waals surface area contributed by atoms with Gasteiger partial charge in [-0.1, -0.05) is 24.3 Å². The lowest BCUT2D eigenvalue weighted by Crippen LogP contribution is -2.17. The van der Waals surface area contributed by atoms with E-state index >= 15 is 0 Å². The van der Waals surface area contributed by atoms with Crippen LogP contribution in [0.25, 0.3) is 0 Å². The summed E-state index contributed by atoms with van der Waals surface area (Å²) in [5, 5.41) is 3.04. The Morgan fingerprint density at radius 2 is 1.83 bits per heavy atom. The highest BCUT2D eigenvalue weighted by Gasteiger charge is 2.22. The number of ketones is 1. The normalized spacial score (nSPS) is 17.6. The molecule has 0 unspecified atom stereocenters. The number of nitrogens with one attached hydrogen (secondary N) is 1. The minimum absolute atomic E-state index is 0.0518. The maximum atomic E-state index is 13.8. The average Bonchev–Trinajstić information content (AvgIpc) is 2.56. The Bertz CT molecular complexity index is 737. The molecule has 0 fully saturated rings. The predicted molar refractivity (Wildman–Crippen MR) is 88.1 cm³/mol. The first-order chi connectivity index (χ1) is 11.2. The molecule has 23 heavy (non-hydrogen) atoms. The number of carbonyl (C=O) groups excluding carboxylic acids is 1. The average molecular weight is 311 g/mol. The summed E-state index contributed by atoms with van der Waals surface area (Å²) in [4.78, 5) is 12.0. The molecule has 0 heterocycles. The Balaban J connectivity index is 1.78. The molecular formula is C19H18FNO2. The first-order valence-electron chi connectivity index (χ1n) is 7.54. The van der Waals surface area contributed by atoms with E-state index < -0.39 is 0 Å². The number of allylic oxidation sites excluding steroid dienone is 2. The lowest BCUT2D eigenvalue weighted by atomic mass is 9.85. The summed E-state index contributed by atoms with van der Waals surface area (Å²) >= 11 is 0. The van der Waals surface area contributed by atoms with Crippen molar-refractivity contribution >= 4 is 11.5 Å². The van der Waals surface area contributed by atoms with Crippen LogP contribution in [0.5, 0.6) is 5.75 Å². The van der Waals surface area contributed by atoms with Gasteiger partial charge in [0.15, 0.2) is 5.78 Å². The molecule has 0 radical (unpaired) electrons. The van der Waals surface area contributed by atoms with Crippen LogP contribution >= 0.6 is 0 Å². The fourth-order valence-electron chi connectivity index (χ4n) is 2.83. The summed E-state index contributed by atoms with van der Waals surface area (Å²) in [6.07, 6.45) is 2.72. The van der Waals surface area contributed by atoms with E-state index in [1.807, 2.05) is 24.3 Å². The van der Waals surface area contributed by atoms with Crippen LogP contribution in [0.4, 0.5) is 10.1 Å². The van der Waals surface area contributed by atoms with Crippen LogP contribution in [0, 0.1) is 5.82 Å². The molecule has 1 aliphatic carbocycles. The molecule has 0 amide bonds. The topological polar surface area (TPSA) is 38.3 Å². The van der Waals surface area contributed by atoms with Crippen LogP contribution in [0.15, 0.2) is 60.3 Å². The Hall–Kier alpha value is -2.62. The predicted octanol–water partition coefficient (Wildman–Crippen LogP) is 4.28. The molecule has 0 aromatic heterocycles. The standard InChI is InChI=1S/C19H18FNO2/c1-23-17-8-6-13(7-9-17)14-10-15(12-16(22)11-14)21-19-5-3-2-4-18(19)20/h2-9,12,14,21H,10-11H2,1H3/t14-/m1/s1. The fourth-order valence-corrected chi connectivity index (χ4v) is 2.83. The van der Waals surface area contributed by atoms with Gasteiger partial charge < -0.3 is 10.1 Å². The number of rotatable bonds is 4. The number of hydrogen-bond donors (Lipinski definition) is 1. The zero-order chi connectivity index (χ0) is 16.2. The molecule has 118 valence electrons. The Morgan fingerprint density at radius 1 is 1.09 bits per heavy atom. The van der Waals surface area contributed by atoms with E-state index in [0.717, 1.165) is 17.0 Å². The number of anilines is 1. The maximum absolute atomic E-state index is 13.8. The van der Waals surface area contributed by atoms with Crippen molar-refractivity contribution in [3.05, 3.63) is 71.7 Å². The molecule has 0 bridgehead atoms. The van der Waals surface area contributed by atoms with Crippen LogP contribution in [-0.4, -0.2) is 12.9 Å². The van der Waals surface area contributed by atoms with E-state index in [1.165, 1.54) is 6.07 Å².